The van der Waals surface area contributed by atoms with Gasteiger partial charge in [-0.1, -0.05) is 26.3 Å². The first-order valence-corrected chi connectivity index (χ1v) is 6.13. The van der Waals surface area contributed by atoms with E-state index < -0.39 is 0 Å². The van der Waals surface area contributed by atoms with Gasteiger partial charge in [0.1, 0.15) is 0 Å². The molecule has 92 valence electrons. The molecule has 0 aliphatic carbocycles. The van der Waals surface area contributed by atoms with E-state index in [1.165, 1.54) is 32.4 Å². The molecule has 0 spiro atoms. The number of nitrogens with zero attached hydrogens (tertiary/aromatic N) is 1. The molecule has 1 aliphatic heterocycles. The molecule has 0 aromatic carbocycles. The van der Waals surface area contributed by atoms with E-state index in [1.54, 1.807) is 13.2 Å². The Kier molecular flexibility index (Phi) is 18.3. The lowest BCUT2D eigenvalue weighted by atomic mass is 10.1. The molecule has 2 nitrogen and oxygen atoms in total. The number of hydrogen-bond acceptors (Lipinski definition) is 2. The predicted molar refractivity (Wildman–Crippen MR) is 69.4 cm³/mol. The van der Waals surface area contributed by atoms with Crippen LogP contribution in [-0.2, 0) is 4.74 Å². The van der Waals surface area contributed by atoms with E-state index in [0.29, 0.717) is 0 Å². The van der Waals surface area contributed by atoms with Crippen LogP contribution in [0.1, 0.15) is 40.0 Å². The van der Waals surface area contributed by atoms with Crippen molar-refractivity contribution in [3.05, 3.63) is 12.7 Å². The number of methoxy groups -OCH3 is 1. The zero-order valence-electron chi connectivity index (χ0n) is 11.1. The molecule has 1 fully saturated rings. The van der Waals surface area contributed by atoms with E-state index in [1.807, 2.05) is 20.8 Å². The topological polar surface area (TPSA) is 12.5 Å². The van der Waals surface area contributed by atoms with Crippen molar-refractivity contribution < 1.29 is 4.74 Å². The normalized spacial score (nSPS) is 15.5. The smallest absolute Gasteiger partial charge is 0.0589 e. The standard InChI is InChI=1S/C8H17NO.C3H6.C2H6/c1-10-8-7-9-5-3-2-4-6-9;1-3-2;1-2/h2-8H2,1H3;3H,1H2,2H3;1-2H3. The number of hydrogen-bond donors (Lipinski definition) is 0. The van der Waals surface area contributed by atoms with Crippen molar-refractivity contribution in [2.75, 3.05) is 33.4 Å². The quantitative estimate of drug-likeness (QED) is 0.670. The molecular weight excluding hydrogens is 186 g/mol. The molecular formula is C13H29NO. The monoisotopic (exact) mass is 215 g/mol. The van der Waals surface area contributed by atoms with Crippen LogP contribution in [0.5, 0.6) is 0 Å². The van der Waals surface area contributed by atoms with Crippen LogP contribution in [0.15, 0.2) is 12.7 Å². The van der Waals surface area contributed by atoms with E-state index in [2.05, 4.69) is 11.5 Å². The molecule has 0 radical (unpaired) electrons. The Balaban J connectivity index is 0. The predicted octanol–water partition coefficient (Wildman–Crippen LogP) is 3.34. The Morgan fingerprint density at radius 1 is 1.20 bits per heavy atom. The third-order valence-electron chi connectivity index (χ3n) is 2.06. The van der Waals surface area contributed by atoms with Crippen LogP contribution in [0.4, 0.5) is 0 Å². The third-order valence-corrected chi connectivity index (χ3v) is 2.06. The largest absolute Gasteiger partial charge is 0.383 e. The first-order valence-electron chi connectivity index (χ1n) is 6.13. The molecule has 1 aliphatic rings. The Morgan fingerprint density at radius 3 is 2.07 bits per heavy atom. The van der Waals surface area contributed by atoms with E-state index in [-0.39, 0.29) is 0 Å². The number of allylic oxidation sites excluding steroid dienone is 1. The van der Waals surface area contributed by atoms with Gasteiger partial charge in [0.2, 0.25) is 0 Å². The van der Waals surface area contributed by atoms with E-state index in [4.69, 9.17) is 4.74 Å². The van der Waals surface area contributed by atoms with Crippen molar-refractivity contribution in [1.29, 1.82) is 0 Å². The Labute approximate surface area is 96.3 Å². The minimum Gasteiger partial charge on any atom is -0.383 e. The maximum Gasteiger partial charge on any atom is 0.0589 e. The SMILES string of the molecule is C=CC.CC.COCCN1CCCCC1. The van der Waals surface area contributed by atoms with Crippen molar-refractivity contribution in [3.63, 3.8) is 0 Å². The van der Waals surface area contributed by atoms with Crippen LogP contribution in [0.25, 0.3) is 0 Å². The van der Waals surface area contributed by atoms with Gasteiger partial charge in [-0.15, -0.1) is 6.58 Å². The molecule has 0 atom stereocenters. The molecule has 0 amide bonds. The zero-order valence-corrected chi connectivity index (χ0v) is 11.1. The van der Waals surface area contributed by atoms with Gasteiger partial charge in [-0.3, -0.25) is 0 Å². The highest BCUT2D eigenvalue weighted by atomic mass is 16.5. The minimum absolute atomic E-state index is 0.889. The van der Waals surface area contributed by atoms with Crippen LogP contribution >= 0.6 is 0 Å². The highest BCUT2D eigenvalue weighted by Crippen LogP contribution is 2.07. The fraction of sp³-hybridized carbons (Fsp3) is 0.846. The zero-order chi connectivity index (χ0) is 11.9. The maximum absolute atomic E-state index is 5.00. The van der Waals surface area contributed by atoms with Gasteiger partial charge in [0.25, 0.3) is 0 Å². The summed E-state index contributed by atoms with van der Waals surface area (Å²) in [5.41, 5.74) is 0. The minimum atomic E-state index is 0.889. The molecule has 0 unspecified atom stereocenters. The summed E-state index contributed by atoms with van der Waals surface area (Å²) in [6, 6.07) is 0. The van der Waals surface area contributed by atoms with E-state index in [0.717, 1.165) is 13.2 Å². The Bertz CT molecular complexity index is 109. The summed E-state index contributed by atoms with van der Waals surface area (Å²) in [5.74, 6) is 0. The summed E-state index contributed by atoms with van der Waals surface area (Å²) in [4.78, 5) is 2.48. The van der Waals surface area contributed by atoms with E-state index in [9.17, 15) is 0 Å². The first kappa shape index (κ1) is 17.1. The van der Waals surface area contributed by atoms with Crippen molar-refractivity contribution in [3.8, 4) is 0 Å². The fourth-order valence-corrected chi connectivity index (χ4v) is 1.40. The average molecular weight is 215 g/mol. The summed E-state index contributed by atoms with van der Waals surface area (Å²) < 4.78 is 5.00. The van der Waals surface area contributed by atoms with Crippen molar-refractivity contribution in [2.45, 2.75) is 40.0 Å². The molecule has 0 saturated carbocycles. The lowest BCUT2D eigenvalue weighted by Gasteiger charge is -2.25. The summed E-state index contributed by atoms with van der Waals surface area (Å²) in [6.07, 6.45) is 5.93. The van der Waals surface area contributed by atoms with Gasteiger partial charge < -0.3 is 9.64 Å². The number of likely N-dealkylation sites (tertiary alicyclic amines) is 1. The third kappa shape index (κ3) is 13.7. The lowest BCUT2D eigenvalue weighted by Crippen LogP contribution is -2.32. The molecule has 0 N–H and O–H groups in total. The molecule has 1 rings (SSSR count). The van der Waals surface area contributed by atoms with Crippen molar-refractivity contribution in [1.82, 2.24) is 4.90 Å². The second kappa shape index (κ2) is 16.1. The highest BCUT2D eigenvalue weighted by Gasteiger charge is 2.08. The Morgan fingerprint density at radius 2 is 1.67 bits per heavy atom. The molecule has 0 aromatic heterocycles. The van der Waals surface area contributed by atoms with Gasteiger partial charge >= 0.3 is 0 Å². The van der Waals surface area contributed by atoms with Gasteiger partial charge in [-0.05, 0) is 32.9 Å². The van der Waals surface area contributed by atoms with Crippen molar-refractivity contribution in [2.24, 2.45) is 0 Å². The highest BCUT2D eigenvalue weighted by molar-refractivity contribution is 4.63. The van der Waals surface area contributed by atoms with Crippen LogP contribution in [0.2, 0.25) is 0 Å². The molecule has 1 heterocycles. The fourth-order valence-electron chi connectivity index (χ4n) is 1.40. The molecule has 1 saturated heterocycles. The summed E-state index contributed by atoms with van der Waals surface area (Å²) >= 11 is 0. The number of piperidine rings is 1. The van der Waals surface area contributed by atoms with Gasteiger partial charge in [0.05, 0.1) is 6.61 Å². The van der Waals surface area contributed by atoms with Crippen LogP contribution in [0, 0.1) is 0 Å². The van der Waals surface area contributed by atoms with Gasteiger partial charge in [-0.25, -0.2) is 0 Å². The molecule has 0 aromatic rings. The first-order chi connectivity index (χ1) is 7.35. The Hall–Kier alpha value is -0.340. The molecule has 15 heavy (non-hydrogen) atoms. The number of ether oxygens (including phenoxy) is 1. The number of rotatable bonds is 3. The van der Waals surface area contributed by atoms with Crippen LogP contribution < -0.4 is 0 Å². The van der Waals surface area contributed by atoms with Crippen LogP contribution in [0.3, 0.4) is 0 Å². The molecule has 0 bridgehead atoms. The van der Waals surface area contributed by atoms with Gasteiger partial charge in [0, 0.05) is 13.7 Å². The average Bonchev–Trinajstić information content (AvgIpc) is 2.31. The second-order valence-electron chi connectivity index (χ2n) is 3.30. The summed E-state index contributed by atoms with van der Waals surface area (Å²) in [7, 11) is 1.77. The second-order valence-corrected chi connectivity index (χ2v) is 3.30. The lowest BCUT2D eigenvalue weighted by molar-refractivity contribution is 0.135. The maximum atomic E-state index is 5.00. The van der Waals surface area contributed by atoms with Crippen molar-refractivity contribution >= 4 is 0 Å². The molecule has 2 heteroatoms. The van der Waals surface area contributed by atoms with E-state index >= 15 is 0 Å². The summed E-state index contributed by atoms with van der Waals surface area (Å²) in [6.45, 7) is 13.8. The van der Waals surface area contributed by atoms with Gasteiger partial charge in [-0.2, -0.15) is 0 Å². The summed E-state index contributed by atoms with van der Waals surface area (Å²) in [5, 5.41) is 0. The van der Waals surface area contributed by atoms with Crippen LogP contribution in [-0.4, -0.2) is 38.3 Å². The van der Waals surface area contributed by atoms with Gasteiger partial charge in [0.15, 0.2) is 0 Å².